The van der Waals surface area contributed by atoms with E-state index in [9.17, 15) is 4.39 Å². The fourth-order valence-corrected chi connectivity index (χ4v) is 16.0. The van der Waals surface area contributed by atoms with Crippen LogP contribution in [0, 0.1) is 26.6 Å². The number of halogens is 1. The maximum Gasteiger partial charge on any atom is 0.135 e. The topological polar surface area (TPSA) is 145 Å². The van der Waals surface area contributed by atoms with E-state index in [0.29, 0.717) is 11.1 Å². The Morgan fingerprint density at radius 3 is 1.11 bits per heavy atom. The fourth-order valence-electron chi connectivity index (χ4n) is 16.0. The number of imidazole rings is 1. The molecule has 21 rings (SSSR count). The fraction of sp³-hybridized carbons (Fsp3) is 0.165. The highest BCUT2D eigenvalue weighted by Gasteiger charge is 2.19. The first-order chi connectivity index (χ1) is 59.9. The monoisotopic (exact) mass is 1590 g/mol. The summed E-state index contributed by atoms with van der Waals surface area (Å²) in [4.78, 5) is 51.8. The van der Waals surface area contributed by atoms with Crippen molar-refractivity contribution in [3.05, 3.63) is 413 Å². The van der Waals surface area contributed by atoms with Crippen LogP contribution in [-0.2, 0) is 45.6 Å². The molecule has 4 aliphatic rings. The summed E-state index contributed by atoms with van der Waals surface area (Å²) in [5, 5.41) is 8.38. The predicted molar refractivity (Wildman–Crippen MR) is 505 cm³/mol. The van der Waals surface area contributed by atoms with Gasteiger partial charge >= 0.3 is 0 Å². The Bertz CT molecular complexity index is 6980. The Kier molecular flexibility index (Phi) is 25.1. The van der Waals surface area contributed by atoms with Gasteiger partial charge in [-0.15, -0.1) is 0 Å². The lowest BCUT2D eigenvalue weighted by atomic mass is 10.1. The molecule has 0 bridgehead atoms. The Balaban J connectivity index is 0.000000108. The largest absolute Gasteiger partial charge is 0.331 e. The first-order valence-electron chi connectivity index (χ1n) is 42.4. The number of aromatic nitrogens is 8. The van der Waals surface area contributed by atoms with Crippen molar-refractivity contribution in [3.8, 4) is 0 Å². The van der Waals surface area contributed by atoms with Crippen LogP contribution in [0.1, 0.15) is 125 Å². The molecular formula is C109H95FN12. The molecule has 10 aromatic carbocycles. The number of hydrogen-bond donors (Lipinski definition) is 0. The van der Waals surface area contributed by atoms with Crippen molar-refractivity contribution in [2.24, 2.45) is 27.0 Å². The summed E-state index contributed by atoms with van der Waals surface area (Å²) in [7, 11) is 2.10. The number of benzene rings is 10. The van der Waals surface area contributed by atoms with Crippen LogP contribution in [0.3, 0.4) is 0 Å². The highest BCUT2D eigenvalue weighted by atomic mass is 19.1. The number of fused-ring (bicyclic) bond motifs is 8. The lowest BCUT2D eigenvalue weighted by molar-refractivity contribution is 0.614. The molecule has 0 aliphatic carbocycles. The van der Waals surface area contributed by atoms with E-state index in [1.807, 2.05) is 91.3 Å². The van der Waals surface area contributed by atoms with Crippen LogP contribution < -0.4 is 0 Å². The van der Waals surface area contributed by atoms with Crippen molar-refractivity contribution in [1.82, 2.24) is 39.5 Å². The third kappa shape index (κ3) is 19.8. The SMILES string of the molecule is C1=C(c2ccncc2)N=C(CCc2ccc3ccccc3n2)C1.Cc1cccc(C2=CCC(CCc3ccc4ccccc4n3)=N2)c1.Cc1cccc(C2=CCC(CCc3ccc4ccccc4n3)=N2)c1F.Cc1ccccc1C1=CCC(CCc2ccc3ccccc3n2)=N1.Cn1c(CCc2ccc3ccccc3n2)nc2c3ccccc3ccc21. The number of aliphatic imine (C=N–C) groups is 4. The minimum atomic E-state index is -0.171. The molecule has 11 heterocycles. The number of rotatable bonds is 19. The molecule has 0 atom stereocenters. The van der Waals surface area contributed by atoms with Crippen molar-refractivity contribution in [2.45, 2.75) is 111 Å². The number of hydrogen-bond acceptors (Lipinski definition) is 11. The van der Waals surface area contributed by atoms with E-state index >= 15 is 0 Å². The van der Waals surface area contributed by atoms with E-state index in [0.717, 1.165) is 197 Å². The van der Waals surface area contributed by atoms with Crippen LogP contribution in [0.4, 0.5) is 4.39 Å². The van der Waals surface area contributed by atoms with E-state index in [1.165, 1.54) is 77.2 Å². The van der Waals surface area contributed by atoms with Crippen LogP contribution in [0.5, 0.6) is 0 Å². The Morgan fingerprint density at radius 2 is 0.656 bits per heavy atom. The second kappa shape index (κ2) is 38.2. The normalized spacial score (nSPS) is 13.4. The zero-order chi connectivity index (χ0) is 82.9. The third-order valence-electron chi connectivity index (χ3n) is 22.8. The number of aryl methyl sites for hydroxylation is 10. The molecule has 0 amide bonds. The summed E-state index contributed by atoms with van der Waals surface area (Å²) in [6, 6.07) is 102. The van der Waals surface area contributed by atoms with Crippen LogP contribution in [-0.4, -0.2) is 62.3 Å². The van der Waals surface area contributed by atoms with Gasteiger partial charge in [-0.3, -0.25) is 49.9 Å². The molecule has 0 fully saturated rings. The summed E-state index contributed by atoms with van der Waals surface area (Å²) in [5.74, 6) is 0.932. The molecule has 122 heavy (non-hydrogen) atoms. The van der Waals surface area contributed by atoms with Crippen LogP contribution >= 0.6 is 0 Å². The van der Waals surface area contributed by atoms with E-state index in [4.69, 9.17) is 44.9 Å². The molecule has 13 heteroatoms. The maximum absolute atomic E-state index is 14.3. The second-order valence-corrected chi connectivity index (χ2v) is 31.5. The molecule has 0 N–H and O–H groups in total. The van der Waals surface area contributed by atoms with Gasteiger partial charge in [-0.2, -0.15) is 0 Å². The van der Waals surface area contributed by atoms with E-state index in [1.54, 1.807) is 19.1 Å². The van der Waals surface area contributed by atoms with Crippen molar-refractivity contribution in [3.63, 3.8) is 0 Å². The zero-order valence-corrected chi connectivity index (χ0v) is 69.4. The van der Waals surface area contributed by atoms with Gasteiger partial charge in [-0.25, -0.2) is 9.37 Å². The van der Waals surface area contributed by atoms with Gasteiger partial charge in [-0.05, 0) is 186 Å². The predicted octanol–water partition coefficient (Wildman–Crippen LogP) is 25.7. The van der Waals surface area contributed by atoms with Gasteiger partial charge in [0.05, 0.1) is 61.4 Å². The molecule has 598 valence electrons. The van der Waals surface area contributed by atoms with Crippen LogP contribution in [0.25, 0.3) is 99.1 Å². The van der Waals surface area contributed by atoms with Crippen molar-refractivity contribution in [1.29, 1.82) is 0 Å². The molecule has 0 unspecified atom stereocenters. The second-order valence-electron chi connectivity index (χ2n) is 31.5. The van der Waals surface area contributed by atoms with Gasteiger partial charge < -0.3 is 4.57 Å². The highest BCUT2D eigenvalue weighted by molar-refractivity contribution is 6.05. The first kappa shape index (κ1) is 80.1. The quantitative estimate of drug-likeness (QED) is 0.0784. The summed E-state index contributed by atoms with van der Waals surface area (Å²) >= 11 is 0. The van der Waals surface area contributed by atoms with E-state index in [2.05, 4.69) is 266 Å². The number of para-hydroxylation sites is 5. The zero-order valence-electron chi connectivity index (χ0n) is 69.4. The first-order valence-corrected chi connectivity index (χ1v) is 42.4. The van der Waals surface area contributed by atoms with Crippen LogP contribution in [0.15, 0.2) is 354 Å². The number of pyridine rings is 6. The molecule has 12 nitrogen and oxygen atoms in total. The van der Waals surface area contributed by atoms with Gasteiger partial charge in [0.1, 0.15) is 11.6 Å². The summed E-state index contributed by atoms with van der Waals surface area (Å²) in [5.41, 5.74) is 29.4. The smallest absolute Gasteiger partial charge is 0.135 e. The highest BCUT2D eigenvalue weighted by Crippen LogP contribution is 2.33. The third-order valence-corrected chi connectivity index (χ3v) is 22.8. The van der Waals surface area contributed by atoms with E-state index in [-0.39, 0.29) is 5.82 Å². The van der Waals surface area contributed by atoms with Crippen molar-refractivity contribution in [2.75, 3.05) is 0 Å². The van der Waals surface area contributed by atoms with Gasteiger partial charge in [-0.1, -0.05) is 236 Å². The van der Waals surface area contributed by atoms with Gasteiger partial charge in [0.25, 0.3) is 0 Å². The number of nitrogens with zero attached hydrogens (tertiary/aromatic N) is 12. The van der Waals surface area contributed by atoms with Crippen LogP contribution in [0.2, 0.25) is 0 Å². The van der Waals surface area contributed by atoms with Gasteiger partial charge in [0.15, 0.2) is 0 Å². The molecule has 4 aliphatic heterocycles. The Labute approximate surface area is 712 Å². The molecule has 17 aromatic rings. The Hall–Kier alpha value is -14.3. The average Bonchev–Trinajstić information content (AvgIpc) is 1.62. The maximum atomic E-state index is 14.3. The average molecular weight is 1590 g/mol. The van der Waals surface area contributed by atoms with Crippen molar-refractivity contribution < 1.29 is 4.39 Å². The molecule has 0 radical (unpaired) electrons. The van der Waals surface area contributed by atoms with Gasteiger partial charge in [0, 0.05) is 157 Å². The molecule has 7 aromatic heterocycles. The van der Waals surface area contributed by atoms with E-state index < -0.39 is 0 Å². The Morgan fingerprint density at radius 1 is 0.295 bits per heavy atom. The lowest BCUT2D eigenvalue weighted by Gasteiger charge is -2.05. The van der Waals surface area contributed by atoms with Gasteiger partial charge in [0.2, 0.25) is 0 Å². The summed E-state index contributed by atoms with van der Waals surface area (Å²) in [6.45, 7) is 6.04. The lowest BCUT2D eigenvalue weighted by Crippen LogP contribution is -2.01. The standard InChI is InChI=1S/C23H19N3.C22H19FN2.2C22H20N2.C20H17N3/c1-26-21-14-11-16-6-2-4-8-19(16)23(21)25-22(26)15-13-18-12-10-17-7-3-5-9-20(17)24-18;1-15-5-4-7-19(22(15)23)21-14-13-18(25-21)12-11-17-10-9-16-6-2-3-8-20(16)24-17;1-16-6-2-4-8-20(16)22-15-14-19(24-22)13-12-18-11-10-17-7-3-5-9-21(17)23-18;1-16-5-4-7-18(15-16)22-14-13-20(24-22)12-11-19-10-9-17-6-2-3-8-21(17)23-19;1-2-4-19-15(3-1)5-6-17(22-19)7-8-18-9-10-20(23-18)16-11-13-21-14-12-16/h2-12,14H,13,15H2,1H3;2-10,14H,11-13H2,1H3;2-11,15H,12-14H2,1H3;2-10,14-15H,11-13H2,1H3;1-6,10-14H,7-9H2. The molecule has 0 spiro atoms. The minimum absolute atomic E-state index is 0.171. The van der Waals surface area contributed by atoms with Crippen molar-refractivity contribution >= 4 is 122 Å². The summed E-state index contributed by atoms with van der Waals surface area (Å²) < 4.78 is 16.5. The summed E-state index contributed by atoms with van der Waals surface area (Å²) in [6.07, 6.45) is 25.1. The molecule has 0 saturated heterocycles. The molecular weight excluding hydrogens is 1500 g/mol. The molecule has 0 saturated carbocycles. The number of allylic oxidation sites excluding steroid dienone is 4. The minimum Gasteiger partial charge on any atom is -0.331 e.